The number of amides is 2. The van der Waals surface area contributed by atoms with Crippen LogP contribution in [-0.2, 0) is 4.79 Å². The van der Waals surface area contributed by atoms with E-state index in [2.05, 4.69) is 10.6 Å². The first-order valence-corrected chi connectivity index (χ1v) is 6.95. The molecule has 2 amide bonds. The van der Waals surface area contributed by atoms with E-state index in [0.29, 0.717) is 36.7 Å². The summed E-state index contributed by atoms with van der Waals surface area (Å²) in [6.07, 6.45) is 1.20. The van der Waals surface area contributed by atoms with Gasteiger partial charge < -0.3 is 16.4 Å². The minimum Gasteiger partial charge on any atom is -0.352 e. The molecule has 0 heterocycles. The van der Waals surface area contributed by atoms with E-state index >= 15 is 0 Å². The molecule has 20 heavy (non-hydrogen) atoms. The number of nitrogens with two attached hydrogens (primary N) is 1. The third-order valence-electron chi connectivity index (χ3n) is 3.01. The average Bonchev–Trinajstić information content (AvgIpc) is 2.45. The van der Waals surface area contributed by atoms with Crippen molar-refractivity contribution in [1.82, 2.24) is 5.32 Å². The predicted octanol–water partition coefficient (Wildman–Crippen LogP) is 1.75. The summed E-state index contributed by atoms with van der Waals surface area (Å²) >= 11 is 0. The molecule has 1 aromatic carbocycles. The Bertz CT molecular complexity index is 460. The lowest BCUT2D eigenvalue weighted by Gasteiger charge is -2.09. The van der Waals surface area contributed by atoms with Crippen molar-refractivity contribution in [2.45, 2.75) is 26.7 Å². The van der Waals surface area contributed by atoms with Gasteiger partial charge in [-0.2, -0.15) is 0 Å². The van der Waals surface area contributed by atoms with E-state index in [1.807, 2.05) is 13.8 Å². The molecule has 0 spiro atoms. The maximum absolute atomic E-state index is 11.8. The van der Waals surface area contributed by atoms with Crippen molar-refractivity contribution in [3.05, 3.63) is 29.8 Å². The van der Waals surface area contributed by atoms with Crippen LogP contribution in [0.15, 0.2) is 24.3 Å². The number of hydrogen-bond donors (Lipinski definition) is 3. The lowest BCUT2D eigenvalue weighted by atomic mass is 10.1. The molecule has 0 saturated heterocycles. The van der Waals surface area contributed by atoms with Gasteiger partial charge in [0.2, 0.25) is 5.91 Å². The molecule has 0 aliphatic heterocycles. The standard InChI is InChI=1S/C15H23N3O2/c1-3-17-15(20)12-5-4-6-13(9-12)18-14(19)8-7-11(2)10-16/h4-6,9,11H,3,7-8,10,16H2,1-2H3,(H,17,20)(H,18,19). The minimum absolute atomic E-state index is 0.0571. The number of carbonyl (C=O) groups excluding carboxylic acids is 2. The fraction of sp³-hybridized carbons (Fsp3) is 0.467. The maximum Gasteiger partial charge on any atom is 0.251 e. The normalized spacial score (nSPS) is 11.8. The lowest BCUT2D eigenvalue weighted by Crippen LogP contribution is -2.22. The largest absolute Gasteiger partial charge is 0.352 e. The Morgan fingerprint density at radius 3 is 2.75 bits per heavy atom. The number of benzene rings is 1. The highest BCUT2D eigenvalue weighted by Crippen LogP contribution is 2.12. The van der Waals surface area contributed by atoms with Gasteiger partial charge in [0.1, 0.15) is 0 Å². The van der Waals surface area contributed by atoms with Crippen molar-refractivity contribution in [2.24, 2.45) is 11.7 Å². The van der Waals surface area contributed by atoms with E-state index in [1.54, 1.807) is 24.3 Å². The zero-order valence-corrected chi connectivity index (χ0v) is 12.1. The quantitative estimate of drug-likeness (QED) is 0.710. The highest BCUT2D eigenvalue weighted by molar-refractivity contribution is 5.97. The molecule has 1 unspecified atom stereocenters. The summed E-state index contributed by atoms with van der Waals surface area (Å²) < 4.78 is 0. The van der Waals surface area contributed by atoms with Crippen molar-refractivity contribution >= 4 is 17.5 Å². The Hall–Kier alpha value is -1.88. The van der Waals surface area contributed by atoms with Crippen LogP contribution in [0.25, 0.3) is 0 Å². The van der Waals surface area contributed by atoms with Gasteiger partial charge in [0, 0.05) is 24.2 Å². The number of carbonyl (C=O) groups is 2. The number of nitrogens with one attached hydrogen (secondary N) is 2. The van der Waals surface area contributed by atoms with E-state index in [9.17, 15) is 9.59 Å². The molecule has 1 atom stereocenters. The van der Waals surface area contributed by atoms with Crippen LogP contribution < -0.4 is 16.4 Å². The van der Waals surface area contributed by atoms with Gasteiger partial charge in [-0.25, -0.2) is 0 Å². The highest BCUT2D eigenvalue weighted by Gasteiger charge is 2.08. The van der Waals surface area contributed by atoms with Gasteiger partial charge in [0.15, 0.2) is 0 Å². The summed E-state index contributed by atoms with van der Waals surface area (Å²) in [5.41, 5.74) is 6.70. The summed E-state index contributed by atoms with van der Waals surface area (Å²) in [4.78, 5) is 23.5. The van der Waals surface area contributed by atoms with Crippen molar-refractivity contribution < 1.29 is 9.59 Å². The monoisotopic (exact) mass is 277 g/mol. The zero-order valence-electron chi connectivity index (χ0n) is 12.1. The van der Waals surface area contributed by atoms with Crippen molar-refractivity contribution in [3.63, 3.8) is 0 Å². The second-order valence-corrected chi connectivity index (χ2v) is 4.87. The third kappa shape index (κ3) is 5.40. The van der Waals surface area contributed by atoms with Crippen LogP contribution in [-0.4, -0.2) is 24.9 Å². The van der Waals surface area contributed by atoms with E-state index in [4.69, 9.17) is 5.73 Å². The van der Waals surface area contributed by atoms with E-state index < -0.39 is 0 Å². The molecule has 110 valence electrons. The second kappa shape index (κ2) is 8.32. The molecule has 5 nitrogen and oxygen atoms in total. The van der Waals surface area contributed by atoms with Crippen LogP contribution >= 0.6 is 0 Å². The molecule has 5 heteroatoms. The lowest BCUT2D eigenvalue weighted by molar-refractivity contribution is -0.116. The molecule has 1 aromatic rings. The predicted molar refractivity (Wildman–Crippen MR) is 80.5 cm³/mol. The van der Waals surface area contributed by atoms with Gasteiger partial charge in [-0.1, -0.05) is 13.0 Å². The molecule has 0 fully saturated rings. The SMILES string of the molecule is CCNC(=O)c1cccc(NC(=O)CCC(C)CN)c1. The number of hydrogen-bond acceptors (Lipinski definition) is 3. The Kier molecular flexibility index (Phi) is 6.73. The molecule has 0 saturated carbocycles. The maximum atomic E-state index is 11.8. The first-order chi connectivity index (χ1) is 9.56. The molecule has 0 aliphatic rings. The fourth-order valence-corrected chi connectivity index (χ4v) is 1.72. The Labute approximate surface area is 119 Å². The van der Waals surface area contributed by atoms with Crippen LogP contribution in [0.4, 0.5) is 5.69 Å². The Morgan fingerprint density at radius 1 is 1.35 bits per heavy atom. The minimum atomic E-state index is -0.139. The van der Waals surface area contributed by atoms with E-state index in [0.717, 1.165) is 6.42 Å². The molecular formula is C15H23N3O2. The molecule has 0 bridgehead atoms. The Morgan fingerprint density at radius 2 is 2.10 bits per heavy atom. The molecule has 0 radical (unpaired) electrons. The van der Waals surface area contributed by atoms with Gasteiger partial charge in [-0.05, 0) is 44.0 Å². The third-order valence-corrected chi connectivity index (χ3v) is 3.01. The number of rotatable bonds is 7. The smallest absolute Gasteiger partial charge is 0.251 e. The molecule has 0 aromatic heterocycles. The highest BCUT2D eigenvalue weighted by atomic mass is 16.2. The van der Waals surface area contributed by atoms with Gasteiger partial charge in [0.25, 0.3) is 5.91 Å². The fourth-order valence-electron chi connectivity index (χ4n) is 1.72. The average molecular weight is 277 g/mol. The topological polar surface area (TPSA) is 84.2 Å². The van der Waals surface area contributed by atoms with Crippen LogP contribution in [0, 0.1) is 5.92 Å². The van der Waals surface area contributed by atoms with Crippen LogP contribution in [0.5, 0.6) is 0 Å². The number of anilines is 1. The summed E-state index contributed by atoms with van der Waals surface area (Å²) in [5, 5.41) is 5.52. The first-order valence-electron chi connectivity index (χ1n) is 6.95. The molecule has 0 aliphatic carbocycles. The summed E-state index contributed by atoms with van der Waals surface area (Å²) in [5.74, 6) is 0.140. The second-order valence-electron chi connectivity index (χ2n) is 4.87. The van der Waals surface area contributed by atoms with Crippen LogP contribution in [0.2, 0.25) is 0 Å². The van der Waals surface area contributed by atoms with Crippen molar-refractivity contribution in [2.75, 3.05) is 18.4 Å². The molecular weight excluding hydrogens is 254 g/mol. The molecule has 1 rings (SSSR count). The summed E-state index contributed by atoms with van der Waals surface area (Å²) in [6.45, 7) is 5.04. The van der Waals surface area contributed by atoms with E-state index in [1.165, 1.54) is 0 Å². The van der Waals surface area contributed by atoms with E-state index in [-0.39, 0.29) is 11.8 Å². The van der Waals surface area contributed by atoms with Crippen LogP contribution in [0.1, 0.15) is 37.0 Å². The molecule has 4 N–H and O–H groups in total. The van der Waals surface area contributed by atoms with Crippen LogP contribution in [0.3, 0.4) is 0 Å². The van der Waals surface area contributed by atoms with Gasteiger partial charge in [0.05, 0.1) is 0 Å². The summed E-state index contributed by atoms with van der Waals surface area (Å²) in [7, 11) is 0. The van der Waals surface area contributed by atoms with Crippen molar-refractivity contribution in [1.29, 1.82) is 0 Å². The van der Waals surface area contributed by atoms with Crippen molar-refractivity contribution in [3.8, 4) is 0 Å². The van der Waals surface area contributed by atoms with Gasteiger partial charge >= 0.3 is 0 Å². The van der Waals surface area contributed by atoms with Gasteiger partial charge in [-0.3, -0.25) is 9.59 Å². The summed E-state index contributed by atoms with van der Waals surface area (Å²) in [6, 6.07) is 6.92. The van der Waals surface area contributed by atoms with Gasteiger partial charge in [-0.15, -0.1) is 0 Å². The Balaban J connectivity index is 2.57. The first kappa shape index (κ1) is 16.2. The zero-order chi connectivity index (χ0) is 15.0.